The second-order valence-corrected chi connectivity index (χ2v) is 10.0. The van der Waals surface area contributed by atoms with Crippen LogP contribution in [0.1, 0.15) is 42.3 Å². The maximum absolute atomic E-state index is 12.6. The molecular formula is C29H33N3O3. The van der Waals surface area contributed by atoms with Crippen molar-refractivity contribution in [3.8, 4) is 0 Å². The summed E-state index contributed by atoms with van der Waals surface area (Å²) in [5.41, 5.74) is 5.53. The first kappa shape index (κ1) is 24.3. The fourth-order valence-electron chi connectivity index (χ4n) is 4.32. The van der Waals surface area contributed by atoms with Gasteiger partial charge in [0.05, 0.1) is 12.0 Å². The van der Waals surface area contributed by atoms with Gasteiger partial charge >= 0.3 is 5.97 Å². The second kappa shape index (κ2) is 10.2. The number of nitrogens with zero attached hydrogens (tertiary/aromatic N) is 2. The largest absolute Gasteiger partial charge is 0.478 e. The monoisotopic (exact) mass is 471 g/mol. The molecule has 35 heavy (non-hydrogen) atoms. The Morgan fingerprint density at radius 1 is 0.829 bits per heavy atom. The SMILES string of the molecule is CC(C)(C)c1cccc(NC(=O)Cc2ccc(N3CCN(c4ccc(C(=O)O)cc4)CC3)cc2)c1. The van der Waals surface area contributed by atoms with Gasteiger partial charge in [-0.05, 0) is 65.1 Å². The number of carboxylic acids is 1. The van der Waals surface area contributed by atoms with Crippen molar-refractivity contribution in [2.45, 2.75) is 32.6 Å². The summed E-state index contributed by atoms with van der Waals surface area (Å²) in [7, 11) is 0. The maximum Gasteiger partial charge on any atom is 0.335 e. The lowest BCUT2D eigenvalue weighted by Gasteiger charge is -2.37. The normalized spacial score (nSPS) is 14.0. The van der Waals surface area contributed by atoms with E-state index in [0.717, 1.165) is 48.8 Å². The minimum Gasteiger partial charge on any atom is -0.478 e. The van der Waals surface area contributed by atoms with Crippen LogP contribution in [0.25, 0.3) is 0 Å². The molecule has 0 spiro atoms. The molecule has 4 rings (SSSR count). The van der Waals surface area contributed by atoms with E-state index in [9.17, 15) is 9.59 Å². The van der Waals surface area contributed by atoms with Gasteiger partial charge in [0.25, 0.3) is 0 Å². The van der Waals surface area contributed by atoms with E-state index in [1.807, 2.05) is 42.5 Å². The van der Waals surface area contributed by atoms with Crippen LogP contribution in [-0.2, 0) is 16.6 Å². The van der Waals surface area contributed by atoms with E-state index >= 15 is 0 Å². The van der Waals surface area contributed by atoms with Crippen molar-refractivity contribution in [1.29, 1.82) is 0 Å². The Morgan fingerprint density at radius 3 is 1.89 bits per heavy atom. The molecule has 0 saturated carbocycles. The number of nitrogens with one attached hydrogen (secondary N) is 1. The molecule has 0 bridgehead atoms. The molecule has 0 atom stereocenters. The Morgan fingerprint density at radius 2 is 1.37 bits per heavy atom. The lowest BCUT2D eigenvalue weighted by molar-refractivity contribution is -0.115. The van der Waals surface area contributed by atoms with Crippen LogP contribution in [0.15, 0.2) is 72.8 Å². The summed E-state index contributed by atoms with van der Waals surface area (Å²) in [4.78, 5) is 28.3. The highest BCUT2D eigenvalue weighted by Crippen LogP contribution is 2.25. The average molecular weight is 472 g/mol. The molecule has 1 saturated heterocycles. The van der Waals surface area contributed by atoms with Gasteiger partial charge in [-0.1, -0.05) is 45.0 Å². The first-order chi connectivity index (χ1) is 16.7. The number of amides is 1. The Kier molecular flexibility index (Phi) is 7.10. The van der Waals surface area contributed by atoms with Gasteiger partial charge in [-0.15, -0.1) is 0 Å². The predicted molar refractivity (Wildman–Crippen MR) is 142 cm³/mol. The van der Waals surface area contributed by atoms with E-state index in [2.05, 4.69) is 54.1 Å². The molecule has 1 amide bonds. The number of hydrogen-bond acceptors (Lipinski definition) is 4. The number of rotatable bonds is 6. The summed E-state index contributed by atoms with van der Waals surface area (Å²) in [6, 6.07) is 23.3. The minimum absolute atomic E-state index is 0.0219. The summed E-state index contributed by atoms with van der Waals surface area (Å²) in [5.74, 6) is -0.927. The van der Waals surface area contributed by atoms with E-state index in [-0.39, 0.29) is 11.3 Å². The molecule has 1 heterocycles. The van der Waals surface area contributed by atoms with Crippen molar-refractivity contribution in [3.05, 3.63) is 89.5 Å². The molecule has 1 aliphatic heterocycles. The lowest BCUT2D eigenvalue weighted by atomic mass is 9.87. The number of carboxylic acid groups (broad SMARTS) is 1. The highest BCUT2D eigenvalue weighted by atomic mass is 16.4. The van der Waals surface area contributed by atoms with Crippen LogP contribution in [0.3, 0.4) is 0 Å². The maximum atomic E-state index is 12.6. The van der Waals surface area contributed by atoms with Gasteiger partial charge in [0, 0.05) is 43.2 Å². The van der Waals surface area contributed by atoms with E-state index in [1.54, 1.807) is 12.1 Å². The Balaban J connectivity index is 1.30. The van der Waals surface area contributed by atoms with Gasteiger partial charge in [0.15, 0.2) is 0 Å². The van der Waals surface area contributed by atoms with Gasteiger partial charge in [-0.3, -0.25) is 4.79 Å². The zero-order valence-electron chi connectivity index (χ0n) is 20.6. The fourth-order valence-corrected chi connectivity index (χ4v) is 4.32. The van der Waals surface area contributed by atoms with Gasteiger partial charge in [-0.2, -0.15) is 0 Å². The smallest absolute Gasteiger partial charge is 0.335 e. The van der Waals surface area contributed by atoms with Crippen LogP contribution in [0.2, 0.25) is 0 Å². The Hall–Kier alpha value is -3.80. The van der Waals surface area contributed by atoms with Crippen LogP contribution in [0, 0.1) is 0 Å². The third kappa shape index (κ3) is 6.21. The van der Waals surface area contributed by atoms with E-state index in [1.165, 1.54) is 5.56 Å². The quantitative estimate of drug-likeness (QED) is 0.518. The van der Waals surface area contributed by atoms with Crippen molar-refractivity contribution in [3.63, 3.8) is 0 Å². The third-order valence-corrected chi connectivity index (χ3v) is 6.44. The van der Waals surface area contributed by atoms with Crippen LogP contribution >= 0.6 is 0 Å². The molecule has 0 aromatic heterocycles. The molecule has 6 heteroatoms. The molecule has 6 nitrogen and oxygen atoms in total. The van der Waals surface area contributed by atoms with Crippen LogP contribution in [0.5, 0.6) is 0 Å². The molecule has 3 aromatic carbocycles. The number of hydrogen-bond donors (Lipinski definition) is 2. The lowest BCUT2D eigenvalue weighted by Crippen LogP contribution is -2.46. The predicted octanol–water partition coefficient (Wildman–Crippen LogP) is 5.19. The summed E-state index contributed by atoms with van der Waals surface area (Å²) in [6.45, 7) is 9.97. The topological polar surface area (TPSA) is 72.9 Å². The van der Waals surface area contributed by atoms with Crippen molar-refractivity contribution in [2.75, 3.05) is 41.3 Å². The van der Waals surface area contributed by atoms with Gasteiger partial charge < -0.3 is 20.2 Å². The zero-order chi connectivity index (χ0) is 25.0. The average Bonchev–Trinajstić information content (AvgIpc) is 2.84. The molecule has 0 radical (unpaired) electrons. The summed E-state index contributed by atoms with van der Waals surface area (Å²) < 4.78 is 0. The Labute approximate surface area is 207 Å². The number of carbonyl (C=O) groups is 2. The number of carbonyl (C=O) groups excluding carboxylic acids is 1. The zero-order valence-corrected chi connectivity index (χ0v) is 20.6. The van der Waals surface area contributed by atoms with E-state index in [0.29, 0.717) is 12.0 Å². The molecule has 182 valence electrons. The van der Waals surface area contributed by atoms with Crippen LogP contribution < -0.4 is 15.1 Å². The molecule has 3 aromatic rings. The minimum atomic E-state index is -0.906. The number of piperazine rings is 1. The number of anilines is 3. The van der Waals surface area contributed by atoms with Gasteiger partial charge in [0.2, 0.25) is 5.91 Å². The fraction of sp³-hybridized carbons (Fsp3) is 0.310. The summed E-state index contributed by atoms with van der Waals surface area (Å²) >= 11 is 0. The molecule has 2 N–H and O–H groups in total. The summed E-state index contributed by atoms with van der Waals surface area (Å²) in [6.07, 6.45) is 0.333. The number of aromatic carboxylic acids is 1. The number of benzene rings is 3. The molecule has 0 aliphatic carbocycles. The third-order valence-electron chi connectivity index (χ3n) is 6.44. The highest BCUT2D eigenvalue weighted by Gasteiger charge is 2.18. The molecule has 1 fully saturated rings. The van der Waals surface area contributed by atoms with Gasteiger partial charge in [-0.25, -0.2) is 4.79 Å². The molecule has 1 aliphatic rings. The Bertz CT molecular complexity index is 1170. The highest BCUT2D eigenvalue weighted by molar-refractivity contribution is 5.92. The van der Waals surface area contributed by atoms with Crippen LogP contribution in [0.4, 0.5) is 17.1 Å². The summed E-state index contributed by atoms with van der Waals surface area (Å²) in [5, 5.41) is 12.1. The first-order valence-corrected chi connectivity index (χ1v) is 12.0. The first-order valence-electron chi connectivity index (χ1n) is 12.0. The van der Waals surface area contributed by atoms with Crippen molar-refractivity contribution in [1.82, 2.24) is 0 Å². The second-order valence-electron chi connectivity index (χ2n) is 10.0. The van der Waals surface area contributed by atoms with Crippen LogP contribution in [-0.4, -0.2) is 43.2 Å². The standard InChI is InChI=1S/C29H33N3O3/c1-29(2,3)23-5-4-6-24(20-23)30-27(33)19-21-7-11-25(12-8-21)31-15-17-32(18-16-31)26-13-9-22(10-14-26)28(34)35/h4-14,20H,15-19H2,1-3H3,(H,30,33)(H,34,35). The van der Waals surface area contributed by atoms with Gasteiger partial charge in [0.1, 0.15) is 0 Å². The van der Waals surface area contributed by atoms with Crippen molar-refractivity contribution < 1.29 is 14.7 Å². The van der Waals surface area contributed by atoms with Crippen molar-refractivity contribution >= 4 is 28.9 Å². The molecular weight excluding hydrogens is 438 g/mol. The van der Waals surface area contributed by atoms with E-state index in [4.69, 9.17) is 5.11 Å². The van der Waals surface area contributed by atoms with E-state index < -0.39 is 5.97 Å². The molecule has 0 unspecified atom stereocenters. The van der Waals surface area contributed by atoms with Crippen molar-refractivity contribution in [2.24, 2.45) is 0 Å².